The highest BCUT2D eigenvalue weighted by Gasteiger charge is 2.24. The van der Waals surface area contributed by atoms with Gasteiger partial charge in [-0.3, -0.25) is 0 Å². The number of fused-ring (bicyclic) bond motifs is 1. The Morgan fingerprint density at radius 1 is 1.60 bits per heavy atom. The van der Waals surface area contributed by atoms with Gasteiger partial charge >= 0.3 is 0 Å². The average molecular weight is 233 g/mol. The second-order valence-corrected chi connectivity index (χ2v) is 3.85. The summed E-state index contributed by atoms with van der Waals surface area (Å²) < 4.78 is 23.9. The highest BCUT2D eigenvalue weighted by atomic mass is 35.5. The summed E-state index contributed by atoms with van der Waals surface area (Å²) in [5.74, 6) is 0.219. The smallest absolute Gasteiger partial charge is 0.231 e. The molecule has 1 atom stereocenters. The quantitative estimate of drug-likeness (QED) is 0.849. The van der Waals surface area contributed by atoms with E-state index in [1.807, 2.05) is 0 Å². The number of hydrogen-bond acceptors (Lipinski definition) is 3. The van der Waals surface area contributed by atoms with Crippen molar-refractivity contribution in [2.24, 2.45) is 0 Å². The van der Waals surface area contributed by atoms with Crippen molar-refractivity contribution in [1.29, 1.82) is 0 Å². The maximum atomic E-state index is 13.6. The van der Waals surface area contributed by atoms with Gasteiger partial charge < -0.3 is 14.6 Å². The van der Waals surface area contributed by atoms with Crippen LogP contribution in [0.5, 0.6) is 11.5 Å². The van der Waals surface area contributed by atoms with Crippen molar-refractivity contribution in [3.63, 3.8) is 0 Å². The number of halogens is 2. The topological polar surface area (TPSA) is 38.7 Å². The monoisotopic (exact) mass is 232 g/mol. The summed E-state index contributed by atoms with van der Waals surface area (Å²) in [6.45, 7) is 1.63. The fraction of sp³-hybridized carbons (Fsp3) is 0.400. The van der Waals surface area contributed by atoms with E-state index in [1.54, 1.807) is 6.92 Å². The van der Waals surface area contributed by atoms with Crippen molar-refractivity contribution < 1.29 is 19.0 Å². The van der Waals surface area contributed by atoms with E-state index in [9.17, 15) is 9.50 Å². The summed E-state index contributed by atoms with van der Waals surface area (Å²) in [7, 11) is 0. The van der Waals surface area contributed by atoms with Gasteiger partial charge in [-0.25, -0.2) is 4.39 Å². The first-order chi connectivity index (χ1) is 7.09. The molecular weight excluding hydrogens is 223 g/mol. The summed E-state index contributed by atoms with van der Waals surface area (Å²) in [5, 5.41) is 9.23. The molecule has 0 aliphatic carbocycles. The van der Waals surface area contributed by atoms with E-state index in [0.717, 1.165) is 0 Å². The fourth-order valence-electron chi connectivity index (χ4n) is 1.53. The van der Waals surface area contributed by atoms with Crippen LogP contribution in [0.15, 0.2) is 6.07 Å². The Balaban J connectivity index is 2.50. The molecule has 0 fully saturated rings. The lowest BCUT2D eigenvalue weighted by Crippen LogP contribution is -2.07. The molecule has 0 saturated heterocycles. The molecule has 1 N–H and O–H groups in total. The Bertz CT molecular complexity index is 393. The summed E-state index contributed by atoms with van der Waals surface area (Å²) in [5.41, 5.74) is 0.269. The van der Waals surface area contributed by atoms with Crippen LogP contribution in [0.2, 0.25) is 5.02 Å². The number of aliphatic hydroxyl groups is 1. The third-order valence-electron chi connectivity index (χ3n) is 2.15. The Morgan fingerprint density at radius 2 is 2.33 bits per heavy atom. The number of aliphatic hydroxyl groups excluding tert-OH is 1. The average Bonchev–Trinajstić information content (AvgIpc) is 2.59. The van der Waals surface area contributed by atoms with Gasteiger partial charge in [-0.05, 0) is 6.92 Å². The molecule has 3 nitrogen and oxygen atoms in total. The molecule has 15 heavy (non-hydrogen) atoms. The second kappa shape index (κ2) is 3.87. The maximum absolute atomic E-state index is 13.6. The molecule has 1 aliphatic heterocycles. The Kier molecular flexibility index (Phi) is 2.71. The molecule has 1 unspecified atom stereocenters. The lowest BCUT2D eigenvalue weighted by Gasteiger charge is -2.10. The normalized spacial score (nSPS) is 15.5. The fourth-order valence-corrected chi connectivity index (χ4v) is 1.74. The molecule has 0 amide bonds. The molecular formula is C10H10ClFO3. The number of rotatable bonds is 2. The number of ether oxygens (including phenoxy) is 2. The van der Waals surface area contributed by atoms with Crippen LogP contribution in [0, 0.1) is 5.82 Å². The van der Waals surface area contributed by atoms with Gasteiger partial charge in [0.05, 0.1) is 11.1 Å². The van der Waals surface area contributed by atoms with Gasteiger partial charge in [-0.2, -0.15) is 0 Å². The molecule has 1 aromatic rings. The standard InChI is InChI=1S/C10H10ClFO3/c1-5(13)2-6-9(12)7(11)3-8-10(6)15-4-14-8/h3,5,13H,2,4H2,1H3. The number of benzene rings is 1. The van der Waals surface area contributed by atoms with Gasteiger partial charge in [0.1, 0.15) is 5.82 Å². The Labute approximate surface area is 91.4 Å². The lowest BCUT2D eigenvalue weighted by molar-refractivity contribution is 0.169. The second-order valence-electron chi connectivity index (χ2n) is 3.44. The molecule has 2 rings (SSSR count). The van der Waals surface area contributed by atoms with Gasteiger partial charge in [0.15, 0.2) is 11.5 Å². The summed E-state index contributed by atoms with van der Waals surface area (Å²) in [4.78, 5) is 0. The zero-order chi connectivity index (χ0) is 11.0. The first-order valence-electron chi connectivity index (χ1n) is 4.54. The lowest BCUT2D eigenvalue weighted by atomic mass is 10.1. The molecule has 0 radical (unpaired) electrons. The van der Waals surface area contributed by atoms with E-state index >= 15 is 0 Å². The van der Waals surface area contributed by atoms with Crippen molar-refractivity contribution in [3.05, 3.63) is 22.5 Å². The van der Waals surface area contributed by atoms with Crippen LogP contribution in [0.3, 0.4) is 0 Å². The van der Waals surface area contributed by atoms with E-state index in [2.05, 4.69) is 0 Å². The molecule has 0 spiro atoms. The summed E-state index contributed by atoms with van der Waals surface area (Å²) >= 11 is 5.69. The minimum Gasteiger partial charge on any atom is -0.454 e. The van der Waals surface area contributed by atoms with E-state index in [-0.39, 0.29) is 23.8 Å². The molecule has 1 heterocycles. The van der Waals surface area contributed by atoms with Crippen LogP contribution in [0.4, 0.5) is 4.39 Å². The zero-order valence-electron chi connectivity index (χ0n) is 8.09. The van der Waals surface area contributed by atoms with Crippen LogP contribution in [0.25, 0.3) is 0 Å². The molecule has 1 aliphatic rings. The minimum atomic E-state index is -0.661. The van der Waals surface area contributed by atoms with Gasteiger partial charge in [0, 0.05) is 18.1 Å². The predicted molar refractivity (Wildman–Crippen MR) is 52.9 cm³/mol. The van der Waals surface area contributed by atoms with Gasteiger partial charge in [-0.1, -0.05) is 11.6 Å². The minimum absolute atomic E-state index is 0.0186. The molecule has 82 valence electrons. The van der Waals surface area contributed by atoms with Gasteiger partial charge in [-0.15, -0.1) is 0 Å². The molecule has 0 bridgehead atoms. The highest BCUT2D eigenvalue weighted by Crippen LogP contribution is 2.41. The summed E-state index contributed by atoms with van der Waals surface area (Å²) in [6.07, 6.45) is -0.510. The first-order valence-corrected chi connectivity index (χ1v) is 4.92. The number of hydrogen-bond donors (Lipinski definition) is 1. The molecule has 0 aromatic heterocycles. The Hall–Kier alpha value is -1.00. The van der Waals surface area contributed by atoms with E-state index in [4.69, 9.17) is 21.1 Å². The van der Waals surface area contributed by atoms with Crippen molar-refractivity contribution in [2.75, 3.05) is 6.79 Å². The first kappa shape index (κ1) is 10.5. The molecule has 5 heteroatoms. The zero-order valence-corrected chi connectivity index (χ0v) is 8.84. The van der Waals surface area contributed by atoms with E-state index in [0.29, 0.717) is 11.5 Å². The largest absolute Gasteiger partial charge is 0.454 e. The van der Waals surface area contributed by atoms with Gasteiger partial charge in [0.25, 0.3) is 0 Å². The van der Waals surface area contributed by atoms with E-state index in [1.165, 1.54) is 6.07 Å². The van der Waals surface area contributed by atoms with Crippen LogP contribution in [0.1, 0.15) is 12.5 Å². The van der Waals surface area contributed by atoms with Crippen molar-refractivity contribution in [1.82, 2.24) is 0 Å². The van der Waals surface area contributed by atoms with Crippen molar-refractivity contribution in [3.8, 4) is 11.5 Å². The molecule has 0 saturated carbocycles. The Morgan fingerprint density at radius 3 is 3.00 bits per heavy atom. The maximum Gasteiger partial charge on any atom is 0.231 e. The van der Waals surface area contributed by atoms with E-state index < -0.39 is 11.9 Å². The summed E-state index contributed by atoms with van der Waals surface area (Å²) in [6, 6.07) is 1.38. The van der Waals surface area contributed by atoms with Crippen LogP contribution in [-0.2, 0) is 6.42 Å². The van der Waals surface area contributed by atoms with Crippen LogP contribution >= 0.6 is 11.6 Å². The van der Waals surface area contributed by atoms with Crippen LogP contribution < -0.4 is 9.47 Å². The van der Waals surface area contributed by atoms with Crippen molar-refractivity contribution in [2.45, 2.75) is 19.4 Å². The van der Waals surface area contributed by atoms with Gasteiger partial charge in [0.2, 0.25) is 6.79 Å². The molecule has 1 aromatic carbocycles. The SMILES string of the molecule is CC(O)Cc1c(F)c(Cl)cc2c1OCO2. The predicted octanol–water partition coefficient (Wildman–Crippen LogP) is 2.13. The van der Waals surface area contributed by atoms with Crippen molar-refractivity contribution >= 4 is 11.6 Å². The third-order valence-corrected chi connectivity index (χ3v) is 2.42. The highest BCUT2D eigenvalue weighted by molar-refractivity contribution is 6.31. The third kappa shape index (κ3) is 1.87. The van der Waals surface area contributed by atoms with Crippen LogP contribution in [-0.4, -0.2) is 18.0 Å².